The smallest absolute Gasteiger partial charge is 0.194 e. The van der Waals surface area contributed by atoms with Gasteiger partial charge in [0.15, 0.2) is 11.6 Å². The Morgan fingerprint density at radius 3 is 1.77 bits per heavy atom. The van der Waals surface area contributed by atoms with Crippen LogP contribution in [0.2, 0.25) is 0 Å². The molecular weight excluding hydrogens is 394 g/mol. The van der Waals surface area contributed by atoms with Crippen LogP contribution in [-0.2, 0) is 13.1 Å². The van der Waals surface area contributed by atoms with Crippen LogP contribution in [-0.4, -0.2) is 56.1 Å². The molecule has 0 heterocycles. The van der Waals surface area contributed by atoms with Crippen LogP contribution < -0.4 is 0 Å². The quantitative estimate of drug-likeness (QED) is 0.477. The van der Waals surface area contributed by atoms with Crippen molar-refractivity contribution in [3.8, 4) is 0 Å². The second kappa shape index (κ2) is 10.3. The Kier molecular flexibility index (Phi) is 8.26. The largest absolute Gasteiger partial charge is 0.395 e. The van der Waals surface area contributed by atoms with E-state index in [0.29, 0.717) is 37.2 Å². The van der Waals surface area contributed by atoms with Crippen molar-refractivity contribution in [3.63, 3.8) is 0 Å². The summed E-state index contributed by atoms with van der Waals surface area (Å²) in [7, 11) is 0. The van der Waals surface area contributed by atoms with Gasteiger partial charge in [0.2, 0.25) is 0 Å². The van der Waals surface area contributed by atoms with Crippen LogP contribution in [0.15, 0.2) is 48.5 Å². The van der Waals surface area contributed by atoms with Crippen molar-refractivity contribution < 1.29 is 24.9 Å². The summed E-state index contributed by atoms with van der Waals surface area (Å²) in [5.74, 6) is -0.666. The van der Waals surface area contributed by atoms with Gasteiger partial charge in [-0.2, -0.15) is 0 Å². The Bertz CT molecular complexity index is 914. The molecule has 31 heavy (non-hydrogen) atoms. The molecular formula is C25H33NO5. The van der Waals surface area contributed by atoms with Crippen molar-refractivity contribution in [1.29, 1.82) is 0 Å². The van der Waals surface area contributed by atoms with Crippen molar-refractivity contribution in [3.05, 3.63) is 70.8 Å². The summed E-state index contributed by atoms with van der Waals surface area (Å²) in [5, 5.41) is 29.8. The zero-order valence-corrected chi connectivity index (χ0v) is 18.8. The number of rotatable bonds is 11. The Balaban J connectivity index is 2.21. The monoisotopic (exact) mass is 427 g/mol. The summed E-state index contributed by atoms with van der Waals surface area (Å²) in [6.45, 7) is 7.55. The van der Waals surface area contributed by atoms with E-state index in [2.05, 4.69) is 0 Å². The lowest BCUT2D eigenvalue weighted by atomic mass is 9.91. The molecule has 0 aliphatic heterocycles. The van der Waals surface area contributed by atoms with Crippen molar-refractivity contribution in [2.75, 3.05) is 13.2 Å². The molecule has 0 saturated carbocycles. The molecule has 6 heteroatoms. The third-order valence-corrected chi connectivity index (χ3v) is 5.34. The first-order valence-corrected chi connectivity index (χ1v) is 10.5. The number of aliphatic hydroxyl groups is 3. The molecule has 0 aliphatic rings. The van der Waals surface area contributed by atoms with Crippen LogP contribution >= 0.6 is 0 Å². The van der Waals surface area contributed by atoms with Gasteiger partial charge in [-0.15, -0.1) is 0 Å². The summed E-state index contributed by atoms with van der Waals surface area (Å²) in [6, 6.07) is 14.2. The van der Waals surface area contributed by atoms with Crippen LogP contribution in [0, 0.1) is 0 Å². The zero-order chi connectivity index (χ0) is 23.2. The third kappa shape index (κ3) is 6.80. The van der Waals surface area contributed by atoms with E-state index in [1.54, 1.807) is 43.3 Å². The van der Waals surface area contributed by atoms with Crippen LogP contribution in [0.5, 0.6) is 0 Å². The Labute approximate surface area is 184 Å². The van der Waals surface area contributed by atoms with Gasteiger partial charge in [0.25, 0.3) is 0 Å². The second-order valence-electron chi connectivity index (χ2n) is 8.68. The van der Waals surface area contributed by atoms with Gasteiger partial charge in [0, 0.05) is 30.8 Å². The molecule has 0 aromatic heterocycles. The van der Waals surface area contributed by atoms with E-state index < -0.39 is 11.2 Å². The minimum atomic E-state index is -1.45. The van der Waals surface area contributed by atoms with E-state index >= 15 is 0 Å². The number of hydrogen-bond acceptors (Lipinski definition) is 6. The van der Waals surface area contributed by atoms with E-state index in [1.165, 1.54) is 20.8 Å². The highest BCUT2D eigenvalue weighted by atomic mass is 16.3. The summed E-state index contributed by atoms with van der Waals surface area (Å²) in [6.07, 6.45) is 0.326. The minimum Gasteiger partial charge on any atom is -0.395 e. The van der Waals surface area contributed by atoms with Gasteiger partial charge in [-0.3, -0.25) is 14.5 Å². The van der Waals surface area contributed by atoms with E-state index in [1.807, 2.05) is 17.0 Å². The standard InChI is InChI=1S/C25H33NO5/c1-5-25(4,31)23(29)21-11-7-9-19(15-21)17-26(12-13-27)16-18-8-6-10-20(14-18)22(28)24(2,3)30/h6-11,14-15,27,30-31H,5,12-13,16-17H2,1-4H3. The average molecular weight is 428 g/mol. The summed E-state index contributed by atoms with van der Waals surface area (Å²) < 4.78 is 0. The molecule has 168 valence electrons. The number of nitrogens with zero attached hydrogens (tertiary/aromatic N) is 1. The molecule has 0 amide bonds. The number of Topliss-reactive ketones (excluding diaryl/α,β-unsaturated/α-hetero) is 2. The van der Waals surface area contributed by atoms with Crippen molar-refractivity contribution >= 4 is 11.6 Å². The first-order valence-electron chi connectivity index (χ1n) is 10.5. The number of carbonyl (C=O) groups excluding carboxylic acids is 2. The lowest BCUT2D eigenvalue weighted by Crippen LogP contribution is -2.34. The molecule has 0 bridgehead atoms. The first kappa shape index (κ1) is 24.9. The van der Waals surface area contributed by atoms with E-state index in [4.69, 9.17) is 0 Å². The van der Waals surface area contributed by atoms with Gasteiger partial charge >= 0.3 is 0 Å². The highest BCUT2D eigenvalue weighted by molar-refractivity contribution is 6.02. The van der Waals surface area contributed by atoms with Crippen LogP contribution in [0.25, 0.3) is 0 Å². The Hall–Kier alpha value is -2.38. The fourth-order valence-electron chi connectivity index (χ4n) is 3.32. The molecule has 3 N–H and O–H groups in total. The van der Waals surface area contributed by atoms with Gasteiger partial charge in [-0.1, -0.05) is 43.3 Å². The summed E-state index contributed by atoms with van der Waals surface area (Å²) in [4.78, 5) is 27.0. The lowest BCUT2D eigenvalue weighted by Gasteiger charge is -2.23. The van der Waals surface area contributed by atoms with Gasteiger partial charge in [-0.25, -0.2) is 0 Å². The predicted octanol–water partition coefficient (Wildman–Crippen LogP) is 2.98. The number of carbonyl (C=O) groups is 2. The topological polar surface area (TPSA) is 98.1 Å². The van der Waals surface area contributed by atoms with Gasteiger partial charge < -0.3 is 15.3 Å². The SMILES string of the molecule is CCC(C)(O)C(=O)c1cccc(CN(CCO)Cc2cccc(C(=O)C(C)(C)O)c2)c1. The lowest BCUT2D eigenvalue weighted by molar-refractivity contribution is 0.0390. The fourth-order valence-corrected chi connectivity index (χ4v) is 3.32. The van der Waals surface area contributed by atoms with Crippen LogP contribution in [0.4, 0.5) is 0 Å². The van der Waals surface area contributed by atoms with Crippen LogP contribution in [0.3, 0.4) is 0 Å². The maximum atomic E-state index is 12.6. The molecule has 0 radical (unpaired) electrons. The molecule has 0 saturated heterocycles. The minimum absolute atomic E-state index is 0.0363. The molecule has 0 spiro atoms. The Morgan fingerprint density at radius 1 is 0.871 bits per heavy atom. The average Bonchev–Trinajstić information content (AvgIpc) is 2.72. The highest BCUT2D eigenvalue weighted by Crippen LogP contribution is 2.20. The van der Waals surface area contributed by atoms with Gasteiger partial charge in [0.1, 0.15) is 11.2 Å². The highest BCUT2D eigenvalue weighted by Gasteiger charge is 2.29. The predicted molar refractivity (Wildman–Crippen MR) is 120 cm³/mol. The second-order valence-corrected chi connectivity index (χ2v) is 8.68. The number of ketones is 2. The van der Waals surface area contributed by atoms with Crippen LogP contribution in [0.1, 0.15) is 66.0 Å². The molecule has 2 aromatic carbocycles. The fraction of sp³-hybridized carbons (Fsp3) is 0.440. The summed E-state index contributed by atoms with van der Waals surface area (Å²) in [5.41, 5.74) is -0.207. The molecule has 0 fully saturated rings. The first-order chi connectivity index (χ1) is 14.5. The van der Waals surface area contributed by atoms with Crippen molar-refractivity contribution in [1.82, 2.24) is 4.90 Å². The molecule has 6 nitrogen and oxygen atoms in total. The molecule has 0 aliphatic carbocycles. The normalized spacial score (nSPS) is 13.8. The number of hydrogen-bond donors (Lipinski definition) is 3. The molecule has 2 rings (SSSR count). The maximum absolute atomic E-state index is 12.6. The molecule has 2 aromatic rings. The van der Waals surface area contributed by atoms with E-state index in [9.17, 15) is 24.9 Å². The van der Waals surface area contributed by atoms with E-state index in [0.717, 1.165) is 11.1 Å². The third-order valence-electron chi connectivity index (χ3n) is 5.34. The van der Waals surface area contributed by atoms with Gasteiger partial charge in [-0.05, 0) is 50.5 Å². The number of aliphatic hydroxyl groups excluding tert-OH is 1. The van der Waals surface area contributed by atoms with Crippen molar-refractivity contribution in [2.45, 2.75) is 58.4 Å². The molecule has 1 atom stereocenters. The zero-order valence-electron chi connectivity index (χ0n) is 18.8. The van der Waals surface area contributed by atoms with Crippen molar-refractivity contribution in [2.24, 2.45) is 0 Å². The number of benzene rings is 2. The van der Waals surface area contributed by atoms with E-state index in [-0.39, 0.29) is 18.2 Å². The van der Waals surface area contributed by atoms with Gasteiger partial charge in [0.05, 0.1) is 6.61 Å². The Morgan fingerprint density at radius 2 is 1.35 bits per heavy atom. The molecule has 1 unspecified atom stereocenters. The maximum Gasteiger partial charge on any atom is 0.194 e. The summed E-state index contributed by atoms with van der Waals surface area (Å²) >= 11 is 0.